The normalized spacial score (nSPS) is 10.2. The van der Waals surface area contributed by atoms with Gasteiger partial charge in [0.25, 0.3) is 0 Å². The van der Waals surface area contributed by atoms with E-state index in [0.717, 1.165) is 11.5 Å². The lowest BCUT2D eigenvalue weighted by Crippen LogP contribution is -2.09. The third-order valence-corrected chi connectivity index (χ3v) is 2.91. The first-order valence-corrected chi connectivity index (χ1v) is 6.65. The summed E-state index contributed by atoms with van der Waals surface area (Å²) in [7, 11) is 1.60. The Hall–Kier alpha value is -2.30. The molecule has 0 saturated carbocycles. The molecule has 0 heterocycles. The molecule has 0 radical (unpaired) electrons. The van der Waals surface area contributed by atoms with E-state index in [4.69, 9.17) is 9.47 Å². The molecule has 0 aliphatic carbocycles. The Bertz CT molecular complexity index is 553. The zero-order valence-corrected chi connectivity index (χ0v) is 11.7. The fourth-order valence-electron chi connectivity index (χ4n) is 1.81. The summed E-state index contributed by atoms with van der Waals surface area (Å²) in [5, 5.41) is 2.74. The van der Waals surface area contributed by atoms with Crippen molar-refractivity contribution in [2.45, 2.75) is 6.42 Å². The number of rotatable bonds is 7. The molecule has 0 aromatic heterocycles. The highest BCUT2D eigenvalue weighted by Crippen LogP contribution is 2.18. The maximum atomic E-state index is 13.4. The summed E-state index contributed by atoms with van der Waals surface area (Å²) in [5.74, 6) is 0.309. The number of anilines is 1. The Labute approximate surface area is 122 Å². The van der Waals surface area contributed by atoms with E-state index in [2.05, 4.69) is 5.32 Å². The number of hydrogen-bond acceptors (Lipinski definition) is 3. The SMILES string of the molecule is COc1ccc(OCCCNc2c(F)cccc2F)cc1. The lowest BCUT2D eigenvalue weighted by molar-refractivity contribution is 0.314. The van der Waals surface area contributed by atoms with Crippen LogP contribution in [0.25, 0.3) is 0 Å². The van der Waals surface area contributed by atoms with Crippen LogP contribution in [0, 0.1) is 11.6 Å². The van der Waals surface area contributed by atoms with E-state index in [1.807, 2.05) is 24.3 Å². The number of benzene rings is 2. The van der Waals surface area contributed by atoms with Crippen LogP contribution in [-0.4, -0.2) is 20.3 Å². The van der Waals surface area contributed by atoms with Crippen molar-refractivity contribution in [2.24, 2.45) is 0 Å². The third-order valence-electron chi connectivity index (χ3n) is 2.91. The predicted octanol–water partition coefficient (Wildman–Crippen LogP) is 3.85. The molecule has 0 unspecified atom stereocenters. The largest absolute Gasteiger partial charge is 0.497 e. The van der Waals surface area contributed by atoms with Crippen LogP contribution in [0.4, 0.5) is 14.5 Å². The van der Waals surface area contributed by atoms with Crippen LogP contribution in [0.3, 0.4) is 0 Å². The summed E-state index contributed by atoms with van der Waals surface area (Å²) in [4.78, 5) is 0. The topological polar surface area (TPSA) is 30.5 Å². The third kappa shape index (κ3) is 4.34. The lowest BCUT2D eigenvalue weighted by Gasteiger charge is -2.10. The zero-order chi connectivity index (χ0) is 15.1. The van der Waals surface area contributed by atoms with Gasteiger partial charge in [0.1, 0.15) is 28.8 Å². The molecule has 0 aliphatic heterocycles. The molecule has 1 N–H and O–H groups in total. The molecular formula is C16H17F2NO2. The molecule has 0 fully saturated rings. The van der Waals surface area contributed by atoms with Crippen molar-refractivity contribution in [1.82, 2.24) is 0 Å². The minimum atomic E-state index is -0.592. The van der Waals surface area contributed by atoms with Gasteiger partial charge in [0.2, 0.25) is 0 Å². The van der Waals surface area contributed by atoms with E-state index in [1.165, 1.54) is 18.2 Å². The van der Waals surface area contributed by atoms with E-state index in [0.29, 0.717) is 19.6 Å². The molecule has 5 heteroatoms. The molecule has 0 amide bonds. The summed E-state index contributed by atoms with van der Waals surface area (Å²) in [6.45, 7) is 0.878. The number of nitrogens with one attached hydrogen (secondary N) is 1. The van der Waals surface area contributed by atoms with Crippen molar-refractivity contribution in [3.05, 3.63) is 54.1 Å². The fourth-order valence-corrected chi connectivity index (χ4v) is 1.81. The van der Waals surface area contributed by atoms with Gasteiger partial charge in [-0.05, 0) is 42.8 Å². The summed E-state index contributed by atoms with van der Waals surface area (Å²) >= 11 is 0. The second-order valence-corrected chi connectivity index (χ2v) is 4.40. The van der Waals surface area contributed by atoms with Gasteiger partial charge in [-0.15, -0.1) is 0 Å². The Morgan fingerprint density at radius 1 is 0.952 bits per heavy atom. The van der Waals surface area contributed by atoms with Crippen molar-refractivity contribution in [1.29, 1.82) is 0 Å². The number of para-hydroxylation sites is 1. The Morgan fingerprint density at radius 2 is 1.57 bits per heavy atom. The van der Waals surface area contributed by atoms with E-state index >= 15 is 0 Å². The molecule has 21 heavy (non-hydrogen) atoms. The fraction of sp³-hybridized carbons (Fsp3) is 0.250. The number of ether oxygens (including phenoxy) is 2. The average Bonchev–Trinajstić information content (AvgIpc) is 2.50. The van der Waals surface area contributed by atoms with Crippen molar-refractivity contribution >= 4 is 5.69 Å². The maximum Gasteiger partial charge on any atom is 0.149 e. The van der Waals surface area contributed by atoms with Crippen LogP contribution in [0.2, 0.25) is 0 Å². The number of hydrogen-bond donors (Lipinski definition) is 1. The monoisotopic (exact) mass is 293 g/mol. The molecule has 0 spiro atoms. The van der Waals surface area contributed by atoms with E-state index in [1.54, 1.807) is 7.11 Å². The highest BCUT2D eigenvalue weighted by molar-refractivity contribution is 5.45. The molecule has 2 aromatic carbocycles. The van der Waals surface area contributed by atoms with Gasteiger partial charge in [-0.1, -0.05) is 6.07 Å². The second kappa shape index (κ2) is 7.47. The molecule has 2 aromatic rings. The number of halogens is 2. The summed E-state index contributed by atoms with van der Waals surface area (Å²) < 4.78 is 37.3. The van der Waals surface area contributed by atoms with Gasteiger partial charge in [-0.25, -0.2) is 8.78 Å². The standard InChI is InChI=1S/C16H17F2NO2/c1-20-12-6-8-13(9-7-12)21-11-3-10-19-16-14(17)4-2-5-15(16)18/h2,4-9,19H,3,10-11H2,1H3. The molecule has 0 saturated heterocycles. The quantitative estimate of drug-likeness (QED) is 0.786. The van der Waals surface area contributed by atoms with Gasteiger partial charge in [0, 0.05) is 6.54 Å². The first-order valence-electron chi connectivity index (χ1n) is 6.65. The highest BCUT2D eigenvalue weighted by atomic mass is 19.1. The smallest absolute Gasteiger partial charge is 0.149 e. The lowest BCUT2D eigenvalue weighted by atomic mass is 10.3. The molecule has 112 valence electrons. The minimum absolute atomic E-state index is 0.0954. The average molecular weight is 293 g/mol. The Balaban J connectivity index is 1.72. The van der Waals surface area contributed by atoms with Gasteiger partial charge in [0.15, 0.2) is 0 Å². The highest BCUT2D eigenvalue weighted by Gasteiger charge is 2.06. The predicted molar refractivity (Wildman–Crippen MR) is 78.0 cm³/mol. The maximum absolute atomic E-state index is 13.4. The van der Waals surface area contributed by atoms with Crippen molar-refractivity contribution in [3.63, 3.8) is 0 Å². The van der Waals surface area contributed by atoms with Crippen molar-refractivity contribution < 1.29 is 18.3 Å². The van der Waals surface area contributed by atoms with E-state index in [-0.39, 0.29) is 5.69 Å². The Kier molecular flexibility index (Phi) is 5.37. The molecule has 2 rings (SSSR count). The first-order chi connectivity index (χ1) is 10.2. The van der Waals surface area contributed by atoms with E-state index in [9.17, 15) is 8.78 Å². The van der Waals surface area contributed by atoms with Gasteiger partial charge < -0.3 is 14.8 Å². The molecule has 0 aliphatic rings. The molecular weight excluding hydrogens is 276 g/mol. The Morgan fingerprint density at radius 3 is 2.19 bits per heavy atom. The van der Waals surface area contributed by atoms with Crippen LogP contribution in [0.5, 0.6) is 11.5 Å². The molecule has 0 bridgehead atoms. The second-order valence-electron chi connectivity index (χ2n) is 4.40. The summed E-state index contributed by atoms with van der Waals surface area (Å²) in [6, 6.07) is 11.0. The molecule has 3 nitrogen and oxygen atoms in total. The number of methoxy groups -OCH3 is 1. The van der Waals surface area contributed by atoms with Crippen LogP contribution in [-0.2, 0) is 0 Å². The summed E-state index contributed by atoms with van der Waals surface area (Å²) in [5.41, 5.74) is -0.0954. The zero-order valence-electron chi connectivity index (χ0n) is 11.7. The minimum Gasteiger partial charge on any atom is -0.497 e. The van der Waals surface area contributed by atoms with Crippen LogP contribution >= 0.6 is 0 Å². The van der Waals surface area contributed by atoms with Crippen LogP contribution in [0.1, 0.15) is 6.42 Å². The van der Waals surface area contributed by atoms with E-state index < -0.39 is 11.6 Å². The van der Waals surface area contributed by atoms with Crippen LogP contribution < -0.4 is 14.8 Å². The molecule has 0 atom stereocenters. The van der Waals surface area contributed by atoms with Gasteiger partial charge in [0.05, 0.1) is 13.7 Å². The van der Waals surface area contributed by atoms with Gasteiger partial charge >= 0.3 is 0 Å². The van der Waals surface area contributed by atoms with Gasteiger partial charge in [-0.3, -0.25) is 0 Å². The first kappa shape index (κ1) is 15.1. The van der Waals surface area contributed by atoms with Gasteiger partial charge in [-0.2, -0.15) is 0 Å². The summed E-state index contributed by atoms with van der Waals surface area (Å²) in [6.07, 6.45) is 0.625. The van der Waals surface area contributed by atoms with Crippen LogP contribution in [0.15, 0.2) is 42.5 Å². The van der Waals surface area contributed by atoms with Crippen molar-refractivity contribution in [3.8, 4) is 11.5 Å². The van der Waals surface area contributed by atoms with Crippen molar-refractivity contribution in [2.75, 3.05) is 25.6 Å².